The van der Waals surface area contributed by atoms with Gasteiger partial charge in [-0.05, 0) is 31.8 Å². The summed E-state index contributed by atoms with van der Waals surface area (Å²) in [6.07, 6.45) is 3.53. The smallest absolute Gasteiger partial charge is 0.291 e. The molecule has 1 aliphatic rings. The highest BCUT2D eigenvalue weighted by Gasteiger charge is 2.25. The molecule has 6 nitrogen and oxygen atoms in total. The van der Waals surface area contributed by atoms with Gasteiger partial charge in [-0.25, -0.2) is 4.98 Å². The van der Waals surface area contributed by atoms with E-state index in [1.807, 2.05) is 4.90 Å². The van der Waals surface area contributed by atoms with E-state index in [0.717, 1.165) is 45.6 Å². The van der Waals surface area contributed by atoms with Crippen molar-refractivity contribution in [3.8, 4) is 0 Å². The average Bonchev–Trinajstić information content (AvgIpc) is 2.99. The van der Waals surface area contributed by atoms with Crippen molar-refractivity contribution < 1.29 is 4.79 Å². The van der Waals surface area contributed by atoms with Gasteiger partial charge in [0.25, 0.3) is 5.91 Å². The van der Waals surface area contributed by atoms with E-state index in [0.29, 0.717) is 11.7 Å². The average molecular weight is 265 g/mol. The van der Waals surface area contributed by atoms with Crippen LogP contribution in [0.5, 0.6) is 0 Å². The van der Waals surface area contributed by atoms with Gasteiger partial charge >= 0.3 is 0 Å². The van der Waals surface area contributed by atoms with Crippen LogP contribution in [-0.2, 0) is 0 Å². The summed E-state index contributed by atoms with van der Waals surface area (Å²) in [5, 5.41) is 6.36. The van der Waals surface area contributed by atoms with E-state index in [1.54, 1.807) is 0 Å². The van der Waals surface area contributed by atoms with Crippen LogP contribution in [0.4, 0.5) is 0 Å². The lowest BCUT2D eigenvalue weighted by Crippen LogP contribution is -2.42. The summed E-state index contributed by atoms with van der Waals surface area (Å²) >= 11 is 0. The Bertz CT molecular complexity index is 380. The lowest BCUT2D eigenvalue weighted by Gasteiger charge is -2.34. The molecule has 0 atom stereocenters. The Labute approximate surface area is 114 Å². The molecule has 1 amide bonds. The zero-order valence-electron chi connectivity index (χ0n) is 11.8. The first kappa shape index (κ1) is 14.0. The first-order chi connectivity index (χ1) is 9.24. The van der Waals surface area contributed by atoms with Crippen molar-refractivity contribution in [2.75, 3.05) is 32.7 Å². The molecule has 1 aliphatic heterocycles. The van der Waals surface area contributed by atoms with Gasteiger partial charge in [0.2, 0.25) is 5.82 Å². The highest BCUT2D eigenvalue weighted by atomic mass is 16.2. The summed E-state index contributed by atoms with van der Waals surface area (Å²) in [4.78, 5) is 20.3. The van der Waals surface area contributed by atoms with Crippen LogP contribution in [0.25, 0.3) is 0 Å². The number of nitrogens with one attached hydrogen (secondary N) is 1. The van der Waals surface area contributed by atoms with Crippen LogP contribution in [0, 0.1) is 5.92 Å². The van der Waals surface area contributed by atoms with E-state index in [-0.39, 0.29) is 5.91 Å². The number of hydrogen-bond donors (Lipinski definition) is 1. The van der Waals surface area contributed by atoms with E-state index in [9.17, 15) is 4.79 Å². The number of aromatic nitrogens is 3. The Morgan fingerprint density at radius 3 is 2.63 bits per heavy atom. The van der Waals surface area contributed by atoms with Crippen LogP contribution in [0.2, 0.25) is 0 Å². The number of aromatic amines is 1. The molecule has 0 saturated carbocycles. The summed E-state index contributed by atoms with van der Waals surface area (Å²) in [7, 11) is 0. The molecular formula is C13H23N5O. The van der Waals surface area contributed by atoms with Crippen LogP contribution >= 0.6 is 0 Å². The third-order valence-electron chi connectivity index (χ3n) is 3.93. The quantitative estimate of drug-likeness (QED) is 0.862. The van der Waals surface area contributed by atoms with Gasteiger partial charge in [-0.1, -0.05) is 13.8 Å². The van der Waals surface area contributed by atoms with E-state index in [4.69, 9.17) is 0 Å². The summed E-state index contributed by atoms with van der Waals surface area (Å²) < 4.78 is 0. The molecule has 1 aromatic rings. The van der Waals surface area contributed by atoms with Crippen molar-refractivity contribution in [3.63, 3.8) is 0 Å². The van der Waals surface area contributed by atoms with Crippen LogP contribution < -0.4 is 0 Å². The number of H-pyrrole nitrogens is 1. The van der Waals surface area contributed by atoms with E-state index in [2.05, 4.69) is 33.9 Å². The van der Waals surface area contributed by atoms with Gasteiger partial charge in [-0.3, -0.25) is 9.89 Å². The molecule has 2 heterocycles. The molecule has 19 heavy (non-hydrogen) atoms. The van der Waals surface area contributed by atoms with Gasteiger partial charge in [0.05, 0.1) is 0 Å². The lowest BCUT2D eigenvalue weighted by molar-refractivity contribution is 0.0658. The number of carbonyl (C=O) groups is 1. The molecular weight excluding hydrogens is 242 g/mol. The maximum Gasteiger partial charge on any atom is 0.291 e. The van der Waals surface area contributed by atoms with E-state index in [1.165, 1.54) is 6.33 Å². The molecule has 0 spiro atoms. The molecule has 1 N–H and O–H groups in total. The number of piperidine rings is 1. The maximum atomic E-state index is 12.1. The summed E-state index contributed by atoms with van der Waals surface area (Å²) in [5.74, 6) is 1.03. The lowest BCUT2D eigenvalue weighted by atomic mass is 9.96. The molecule has 1 fully saturated rings. The molecule has 2 rings (SSSR count). The number of likely N-dealkylation sites (tertiary alicyclic amines) is 1. The Kier molecular flexibility index (Phi) is 4.90. The monoisotopic (exact) mass is 265 g/mol. The molecule has 6 heteroatoms. The second kappa shape index (κ2) is 6.65. The van der Waals surface area contributed by atoms with Crippen molar-refractivity contribution in [3.05, 3.63) is 12.2 Å². The molecule has 0 aliphatic carbocycles. The van der Waals surface area contributed by atoms with Crippen molar-refractivity contribution in [2.45, 2.75) is 26.7 Å². The first-order valence-corrected chi connectivity index (χ1v) is 7.11. The fourth-order valence-corrected chi connectivity index (χ4v) is 2.62. The van der Waals surface area contributed by atoms with Gasteiger partial charge in [-0.15, -0.1) is 0 Å². The fraction of sp³-hybridized carbons (Fsp3) is 0.769. The van der Waals surface area contributed by atoms with Gasteiger partial charge in [-0.2, -0.15) is 5.10 Å². The fourth-order valence-electron chi connectivity index (χ4n) is 2.62. The van der Waals surface area contributed by atoms with Gasteiger partial charge in [0, 0.05) is 19.6 Å². The minimum atomic E-state index is -0.0289. The number of rotatable bonds is 5. The molecule has 0 aromatic carbocycles. The van der Waals surface area contributed by atoms with Crippen LogP contribution in [0.15, 0.2) is 6.33 Å². The first-order valence-electron chi connectivity index (χ1n) is 7.11. The number of carbonyl (C=O) groups excluding carboxylic acids is 1. The zero-order valence-corrected chi connectivity index (χ0v) is 11.8. The van der Waals surface area contributed by atoms with E-state index < -0.39 is 0 Å². The highest BCUT2D eigenvalue weighted by molar-refractivity contribution is 5.90. The zero-order chi connectivity index (χ0) is 13.7. The van der Waals surface area contributed by atoms with Gasteiger partial charge < -0.3 is 9.80 Å². The Morgan fingerprint density at radius 2 is 2.11 bits per heavy atom. The summed E-state index contributed by atoms with van der Waals surface area (Å²) in [6.45, 7) is 9.41. The minimum Gasteiger partial charge on any atom is -0.336 e. The van der Waals surface area contributed by atoms with Gasteiger partial charge in [0.15, 0.2) is 0 Å². The third kappa shape index (κ3) is 3.53. The van der Waals surface area contributed by atoms with Crippen molar-refractivity contribution >= 4 is 5.91 Å². The molecule has 1 aromatic heterocycles. The standard InChI is InChI=1S/C13H23N5O/c1-3-17(4-2)9-11-5-7-18(8-6-11)13(19)12-14-10-15-16-12/h10-11H,3-9H2,1-2H3,(H,14,15,16). The van der Waals surface area contributed by atoms with Crippen molar-refractivity contribution in [1.29, 1.82) is 0 Å². The largest absolute Gasteiger partial charge is 0.336 e. The Hall–Kier alpha value is -1.43. The predicted molar refractivity (Wildman–Crippen MR) is 72.8 cm³/mol. The molecule has 0 bridgehead atoms. The second-order valence-corrected chi connectivity index (χ2v) is 5.06. The molecule has 0 unspecified atom stereocenters. The SMILES string of the molecule is CCN(CC)CC1CCN(C(=O)c2ncn[nH]2)CC1. The van der Waals surface area contributed by atoms with Crippen LogP contribution in [0.1, 0.15) is 37.3 Å². The summed E-state index contributed by atoms with van der Waals surface area (Å²) in [6, 6.07) is 0. The van der Waals surface area contributed by atoms with Crippen molar-refractivity contribution in [2.24, 2.45) is 5.92 Å². The minimum absolute atomic E-state index is 0.0289. The normalized spacial score (nSPS) is 17.1. The summed E-state index contributed by atoms with van der Waals surface area (Å²) in [5.41, 5.74) is 0. The highest BCUT2D eigenvalue weighted by Crippen LogP contribution is 2.19. The Morgan fingerprint density at radius 1 is 1.42 bits per heavy atom. The number of hydrogen-bond acceptors (Lipinski definition) is 4. The third-order valence-corrected chi connectivity index (χ3v) is 3.93. The predicted octanol–water partition coefficient (Wildman–Crippen LogP) is 0.999. The maximum absolute atomic E-state index is 12.1. The number of nitrogens with zero attached hydrogens (tertiary/aromatic N) is 4. The number of amides is 1. The van der Waals surface area contributed by atoms with Crippen LogP contribution in [-0.4, -0.2) is 63.6 Å². The topological polar surface area (TPSA) is 65.1 Å². The molecule has 0 radical (unpaired) electrons. The Balaban J connectivity index is 1.81. The van der Waals surface area contributed by atoms with Crippen molar-refractivity contribution in [1.82, 2.24) is 25.0 Å². The molecule has 1 saturated heterocycles. The van der Waals surface area contributed by atoms with E-state index >= 15 is 0 Å². The second-order valence-electron chi connectivity index (χ2n) is 5.06. The van der Waals surface area contributed by atoms with Gasteiger partial charge in [0.1, 0.15) is 6.33 Å². The molecule has 106 valence electrons. The van der Waals surface area contributed by atoms with Crippen LogP contribution in [0.3, 0.4) is 0 Å².